The van der Waals surface area contributed by atoms with Crippen LogP contribution in [0.5, 0.6) is 0 Å². The highest BCUT2D eigenvalue weighted by molar-refractivity contribution is 6.31. The molecule has 14 heavy (non-hydrogen) atoms. The molecule has 0 amide bonds. The maximum atomic E-state index is 11.0. The van der Waals surface area contributed by atoms with E-state index in [1.807, 2.05) is 13.8 Å². The topological polar surface area (TPSA) is 44.1 Å². The third kappa shape index (κ3) is 2.26. The van der Waals surface area contributed by atoms with E-state index >= 15 is 0 Å². The standard InChI is InChI=1S/C9H13ClN2O2/c1-6(2)9-7(10)4-11-12(9)5-8(13)14-3/h4,6H,5H2,1-3H3. The van der Waals surface area contributed by atoms with Crippen LogP contribution in [-0.2, 0) is 16.1 Å². The van der Waals surface area contributed by atoms with E-state index in [0.29, 0.717) is 5.02 Å². The van der Waals surface area contributed by atoms with Gasteiger partial charge in [0.2, 0.25) is 0 Å². The molecule has 0 aliphatic carbocycles. The van der Waals surface area contributed by atoms with Crippen molar-refractivity contribution in [3.05, 3.63) is 16.9 Å². The molecule has 1 heterocycles. The largest absolute Gasteiger partial charge is 0.468 e. The van der Waals surface area contributed by atoms with Crippen LogP contribution in [0.1, 0.15) is 25.5 Å². The van der Waals surface area contributed by atoms with Gasteiger partial charge in [0, 0.05) is 0 Å². The maximum absolute atomic E-state index is 11.0. The molecular formula is C9H13ClN2O2. The molecule has 0 bridgehead atoms. The summed E-state index contributed by atoms with van der Waals surface area (Å²) in [5.41, 5.74) is 0.858. The fraction of sp³-hybridized carbons (Fsp3) is 0.556. The van der Waals surface area contributed by atoms with Crippen LogP contribution in [0.25, 0.3) is 0 Å². The van der Waals surface area contributed by atoms with Crippen LogP contribution in [0.3, 0.4) is 0 Å². The molecule has 0 fully saturated rings. The molecule has 1 aromatic rings. The van der Waals surface area contributed by atoms with Gasteiger partial charge in [0.15, 0.2) is 0 Å². The van der Waals surface area contributed by atoms with Crippen molar-refractivity contribution in [2.75, 3.05) is 7.11 Å². The quantitative estimate of drug-likeness (QED) is 0.725. The van der Waals surface area contributed by atoms with Gasteiger partial charge >= 0.3 is 5.97 Å². The predicted molar refractivity (Wildman–Crippen MR) is 53.3 cm³/mol. The van der Waals surface area contributed by atoms with Gasteiger partial charge in [0.25, 0.3) is 0 Å². The Hall–Kier alpha value is -1.03. The highest BCUT2D eigenvalue weighted by Gasteiger charge is 2.14. The van der Waals surface area contributed by atoms with Crippen molar-refractivity contribution in [3.63, 3.8) is 0 Å². The Balaban J connectivity index is 2.92. The molecule has 0 saturated heterocycles. The molecule has 0 aliphatic rings. The van der Waals surface area contributed by atoms with E-state index in [1.54, 1.807) is 10.9 Å². The number of nitrogens with zero attached hydrogens (tertiary/aromatic N) is 2. The number of aromatic nitrogens is 2. The lowest BCUT2D eigenvalue weighted by molar-refractivity contribution is -0.141. The molecule has 4 nitrogen and oxygen atoms in total. The summed E-state index contributed by atoms with van der Waals surface area (Å²) in [5, 5.41) is 4.60. The zero-order valence-electron chi connectivity index (χ0n) is 8.45. The molecule has 1 aromatic heterocycles. The SMILES string of the molecule is COC(=O)Cn1ncc(Cl)c1C(C)C. The van der Waals surface area contributed by atoms with Crippen molar-refractivity contribution in [3.8, 4) is 0 Å². The lowest BCUT2D eigenvalue weighted by Gasteiger charge is -2.09. The lowest BCUT2D eigenvalue weighted by atomic mass is 10.1. The molecule has 0 radical (unpaired) electrons. The maximum Gasteiger partial charge on any atom is 0.327 e. The Morgan fingerprint density at radius 3 is 2.86 bits per heavy atom. The van der Waals surface area contributed by atoms with Crippen LogP contribution in [0.15, 0.2) is 6.20 Å². The number of ether oxygens (including phenoxy) is 1. The third-order valence-corrected chi connectivity index (χ3v) is 2.18. The number of halogens is 1. The summed E-state index contributed by atoms with van der Waals surface area (Å²) in [6, 6.07) is 0. The minimum atomic E-state index is -0.327. The van der Waals surface area contributed by atoms with E-state index in [9.17, 15) is 4.79 Å². The first-order chi connectivity index (χ1) is 6.56. The van der Waals surface area contributed by atoms with E-state index in [2.05, 4.69) is 9.84 Å². The van der Waals surface area contributed by atoms with Gasteiger partial charge < -0.3 is 4.74 Å². The number of hydrogen-bond acceptors (Lipinski definition) is 3. The Bertz CT molecular complexity index is 334. The minimum Gasteiger partial charge on any atom is -0.468 e. The van der Waals surface area contributed by atoms with E-state index in [4.69, 9.17) is 11.6 Å². The van der Waals surface area contributed by atoms with E-state index < -0.39 is 0 Å². The van der Waals surface area contributed by atoms with Gasteiger partial charge in [-0.1, -0.05) is 25.4 Å². The van der Waals surface area contributed by atoms with E-state index in [0.717, 1.165) is 5.69 Å². The van der Waals surface area contributed by atoms with Crippen LogP contribution in [0.4, 0.5) is 0 Å². The van der Waals surface area contributed by atoms with Crippen LogP contribution < -0.4 is 0 Å². The van der Waals surface area contributed by atoms with Gasteiger partial charge in [0.05, 0.1) is 24.0 Å². The summed E-state index contributed by atoms with van der Waals surface area (Å²) in [6.45, 7) is 4.10. The van der Waals surface area contributed by atoms with Crippen molar-refractivity contribution >= 4 is 17.6 Å². The van der Waals surface area contributed by atoms with Crippen LogP contribution in [0, 0.1) is 0 Å². The van der Waals surface area contributed by atoms with Crippen LogP contribution >= 0.6 is 11.6 Å². The summed E-state index contributed by atoms with van der Waals surface area (Å²) in [4.78, 5) is 11.0. The van der Waals surface area contributed by atoms with E-state index in [1.165, 1.54) is 7.11 Å². The second kappa shape index (κ2) is 4.46. The smallest absolute Gasteiger partial charge is 0.327 e. The van der Waals surface area contributed by atoms with Gasteiger partial charge in [-0.15, -0.1) is 0 Å². The summed E-state index contributed by atoms with van der Waals surface area (Å²) >= 11 is 5.93. The first kappa shape index (κ1) is 11.0. The first-order valence-corrected chi connectivity index (χ1v) is 4.72. The normalized spacial score (nSPS) is 10.6. The molecular weight excluding hydrogens is 204 g/mol. The van der Waals surface area contributed by atoms with Gasteiger partial charge in [-0.2, -0.15) is 5.10 Å². The summed E-state index contributed by atoms with van der Waals surface area (Å²) < 4.78 is 6.12. The molecule has 0 saturated carbocycles. The average Bonchev–Trinajstić information content (AvgIpc) is 2.46. The number of rotatable bonds is 3. The number of carbonyl (C=O) groups excluding carboxylic acids is 1. The molecule has 0 N–H and O–H groups in total. The summed E-state index contributed by atoms with van der Waals surface area (Å²) in [7, 11) is 1.35. The number of methoxy groups -OCH3 is 1. The monoisotopic (exact) mass is 216 g/mol. The average molecular weight is 217 g/mol. The Kier molecular flexibility index (Phi) is 3.52. The van der Waals surface area contributed by atoms with Crippen molar-refractivity contribution in [1.29, 1.82) is 0 Å². The van der Waals surface area contributed by atoms with Crippen LogP contribution in [-0.4, -0.2) is 22.9 Å². The molecule has 0 spiro atoms. The second-order valence-corrected chi connectivity index (χ2v) is 3.67. The summed E-state index contributed by atoms with van der Waals surface area (Å²) in [6.07, 6.45) is 1.54. The predicted octanol–water partition coefficient (Wildman–Crippen LogP) is 1.83. The van der Waals surface area contributed by atoms with Crippen molar-refractivity contribution in [2.45, 2.75) is 26.3 Å². The molecule has 0 aromatic carbocycles. The van der Waals surface area contributed by atoms with Crippen molar-refractivity contribution < 1.29 is 9.53 Å². The van der Waals surface area contributed by atoms with E-state index in [-0.39, 0.29) is 18.4 Å². The summed E-state index contributed by atoms with van der Waals surface area (Å²) in [5.74, 6) is -0.0960. The van der Waals surface area contributed by atoms with Crippen molar-refractivity contribution in [2.24, 2.45) is 0 Å². The molecule has 0 unspecified atom stereocenters. The van der Waals surface area contributed by atoms with Gasteiger partial charge in [-0.3, -0.25) is 9.48 Å². The van der Waals surface area contributed by atoms with Gasteiger partial charge in [0.1, 0.15) is 6.54 Å². The van der Waals surface area contributed by atoms with Crippen molar-refractivity contribution in [1.82, 2.24) is 9.78 Å². The minimum absolute atomic E-state index is 0.108. The molecule has 1 rings (SSSR count). The Morgan fingerprint density at radius 1 is 1.71 bits per heavy atom. The zero-order chi connectivity index (χ0) is 10.7. The van der Waals surface area contributed by atoms with Gasteiger partial charge in [-0.25, -0.2) is 0 Å². The van der Waals surface area contributed by atoms with Gasteiger partial charge in [-0.05, 0) is 5.92 Å². The Labute approximate surface area is 87.8 Å². The number of hydrogen-bond donors (Lipinski definition) is 0. The fourth-order valence-corrected chi connectivity index (χ4v) is 1.62. The zero-order valence-corrected chi connectivity index (χ0v) is 9.21. The molecule has 0 atom stereocenters. The third-order valence-electron chi connectivity index (χ3n) is 1.89. The fourth-order valence-electron chi connectivity index (χ4n) is 1.26. The Morgan fingerprint density at radius 2 is 2.36 bits per heavy atom. The second-order valence-electron chi connectivity index (χ2n) is 3.27. The molecule has 0 aliphatic heterocycles. The molecule has 78 valence electrons. The first-order valence-electron chi connectivity index (χ1n) is 4.34. The number of esters is 1. The van der Waals surface area contributed by atoms with Crippen LogP contribution in [0.2, 0.25) is 5.02 Å². The highest BCUT2D eigenvalue weighted by atomic mass is 35.5. The lowest BCUT2D eigenvalue weighted by Crippen LogP contribution is -2.15. The number of carbonyl (C=O) groups is 1. The molecule has 5 heteroatoms. The highest BCUT2D eigenvalue weighted by Crippen LogP contribution is 2.23.